The van der Waals surface area contributed by atoms with E-state index in [4.69, 9.17) is 14.2 Å². The topological polar surface area (TPSA) is 111 Å². The molecule has 2 rings (SSSR count). The maximum absolute atomic E-state index is 12.1. The molecule has 1 aromatic carbocycles. The van der Waals surface area contributed by atoms with E-state index in [-0.39, 0.29) is 6.61 Å². The van der Waals surface area contributed by atoms with Crippen LogP contribution in [0.2, 0.25) is 0 Å². The maximum atomic E-state index is 12.1. The number of esters is 1. The van der Waals surface area contributed by atoms with Gasteiger partial charge in [0.2, 0.25) is 0 Å². The second-order valence-electron chi connectivity index (χ2n) is 7.27. The molecule has 28 heavy (non-hydrogen) atoms. The number of β-lactam (4-membered cyclic amide) rings is 1. The van der Waals surface area contributed by atoms with Crippen LogP contribution in [0.4, 0.5) is 9.59 Å². The summed E-state index contributed by atoms with van der Waals surface area (Å²) in [7, 11) is 0. The molecule has 9 heteroatoms. The lowest BCUT2D eigenvalue weighted by molar-refractivity contribution is -0.153. The van der Waals surface area contributed by atoms with E-state index in [0.717, 1.165) is 10.5 Å². The molecule has 0 aliphatic carbocycles. The minimum Gasteiger partial charge on any atom is -0.458 e. The fourth-order valence-corrected chi connectivity index (χ4v) is 2.47. The summed E-state index contributed by atoms with van der Waals surface area (Å²) in [5.74, 6) is -1.37. The third-order valence-electron chi connectivity index (χ3n) is 3.82. The van der Waals surface area contributed by atoms with Gasteiger partial charge in [0.15, 0.2) is 6.61 Å². The Labute approximate surface area is 162 Å². The summed E-state index contributed by atoms with van der Waals surface area (Å²) in [6.07, 6.45) is -1.73. The number of alkyl carbamates (subject to hydrolysis) is 1. The van der Waals surface area contributed by atoms with Crippen molar-refractivity contribution in [2.45, 2.75) is 52.0 Å². The van der Waals surface area contributed by atoms with E-state index in [1.54, 1.807) is 39.8 Å². The van der Waals surface area contributed by atoms with Gasteiger partial charge >= 0.3 is 18.2 Å². The van der Waals surface area contributed by atoms with Gasteiger partial charge in [-0.25, -0.2) is 19.3 Å². The number of likely N-dealkylation sites (tertiary alicyclic amines) is 1. The van der Waals surface area contributed by atoms with Gasteiger partial charge in [0.25, 0.3) is 5.91 Å². The first-order valence-corrected chi connectivity index (χ1v) is 8.77. The van der Waals surface area contributed by atoms with Gasteiger partial charge in [-0.1, -0.05) is 30.3 Å². The van der Waals surface area contributed by atoms with Gasteiger partial charge in [-0.15, -0.1) is 0 Å². The summed E-state index contributed by atoms with van der Waals surface area (Å²) in [4.78, 5) is 48.4. The van der Waals surface area contributed by atoms with E-state index in [2.05, 4.69) is 5.32 Å². The Morgan fingerprint density at radius 3 is 2.32 bits per heavy atom. The highest BCUT2D eigenvalue weighted by Gasteiger charge is 2.50. The number of rotatable bonds is 5. The number of ether oxygens (including phenoxy) is 3. The highest BCUT2D eigenvalue weighted by molar-refractivity contribution is 6.03. The third-order valence-corrected chi connectivity index (χ3v) is 3.82. The smallest absolute Gasteiger partial charge is 0.417 e. The summed E-state index contributed by atoms with van der Waals surface area (Å²) in [5.41, 5.74) is 0.0866. The molecular formula is C19H24N2O7. The van der Waals surface area contributed by atoms with Gasteiger partial charge in [0.1, 0.15) is 18.2 Å². The monoisotopic (exact) mass is 392 g/mol. The van der Waals surface area contributed by atoms with Crippen LogP contribution >= 0.6 is 0 Å². The summed E-state index contributed by atoms with van der Waals surface area (Å²) in [6.45, 7) is 6.08. The van der Waals surface area contributed by atoms with Crippen LogP contribution in [0.25, 0.3) is 0 Å². The van der Waals surface area contributed by atoms with Gasteiger partial charge in [0, 0.05) is 0 Å². The largest absolute Gasteiger partial charge is 0.458 e. The van der Waals surface area contributed by atoms with Crippen molar-refractivity contribution in [3.05, 3.63) is 35.9 Å². The van der Waals surface area contributed by atoms with E-state index in [1.807, 2.05) is 18.2 Å². The van der Waals surface area contributed by atoms with Crippen molar-refractivity contribution in [1.82, 2.24) is 10.2 Å². The molecular weight excluding hydrogens is 368 g/mol. The summed E-state index contributed by atoms with van der Waals surface area (Å²) in [6, 6.07) is 7.50. The highest BCUT2D eigenvalue weighted by atomic mass is 16.6. The van der Waals surface area contributed by atoms with Crippen LogP contribution in [0.15, 0.2) is 30.3 Å². The predicted octanol–water partition coefficient (Wildman–Crippen LogP) is 1.99. The average Bonchev–Trinajstić information content (AvgIpc) is 2.62. The minimum absolute atomic E-state index is 0.0537. The van der Waals surface area contributed by atoms with Crippen molar-refractivity contribution in [3.8, 4) is 0 Å². The number of hydrogen-bond donors (Lipinski definition) is 1. The number of carbonyl (C=O) groups is 4. The fraction of sp³-hybridized carbons (Fsp3) is 0.474. The Bertz CT molecular complexity index is 742. The molecule has 3 amide bonds. The van der Waals surface area contributed by atoms with E-state index < -0.39 is 48.4 Å². The molecule has 1 fully saturated rings. The maximum Gasteiger partial charge on any atom is 0.417 e. The van der Waals surface area contributed by atoms with Crippen molar-refractivity contribution in [2.24, 2.45) is 0 Å². The second-order valence-corrected chi connectivity index (χ2v) is 7.27. The number of amides is 3. The third kappa shape index (κ3) is 5.70. The first-order chi connectivity index (χ1) is 13.1. The zero-order valence-electron chi connectivity index (χ0n) is 16.3. The van der Waals surface area contributed by atoms with Crippen LogP contribution in [-0.2, 0) is 30.4 Å². The van der Waals surface area contributed by atoms with Crippen LogP contribution in [0.5, 0.6) is 0 Å². The van der Waals surface area contributed by atoms with Crippen LogP contribution < -0.4 is 5.32 Å². The van der Waals surface area contributed by atoms with Gasteiger partial charge in [-0.05, 0) is 33.3 Å². The molecule has 0 aromatic heterocycles. The average molecular weight is 392 g/mol. The molecule has 1 heterocycles. The number of imide groups is 1. The molecule has 2 atom stereocenters. The molecule has 152 valence electrons. The van der Waals surface area contributed by atoms with Crippen LogP contribution in [0, 0.1) is 0 Å². The van der Waals surface area contributed by atoms with Crippen LogP contribution in [-0.4, -0.2) is 53.3 Å². The van der Waals surface area contributed by atoms with Crippen molar-refractivity contribution in [3.63, 3.8) is 0 Å². The first-order valence-electron chi connectivity index (χ1n) is 8.77. The molecule has 1 saturated heterocycles. The quantitative estimate of drug-likeness (QED) is 0.463. The Balaban J connectivity index is 1.75. The first kappa shape index (κ1) is 21.2. The molecule has 0 saturated carbocycles. The van der Waals surface area contributed by atoms with Crippen molar-refractivity contribution in [2.75, 3.05) is 6.61 Å². The van der Waals surface area contributed by atoms with Crippen molar-refractivity contribution >= 4 is 24.1 Å². The van der Waals surface area contributed by atoms with E-state index >= 15 is 0 Å². The molecule has 1 aromatic rings. The van der Waals surface area contributed by atoms with Crippen molar-refractivity contribution < 1.29 is 33.4 Å². The highest BCUT2D eigenvalue weighted by Crippen LogP contribution is 2.21. The molecule has 1 aliphatic heterocycles. The summed E-state index contributed by atoms with van der Waals surface area (Å²) in [5, 5.41) is 2.41. The number of benzene rings is 1. The molecule has 1 aliphatic rings. The lowest BCUT2D eigenvalue weighted by Crippen LogP contribution is -2.71. The predicted molar refractivity (Wildman–Crippen MR) is 97.1 cm³/mol. The molecule has 1 N–H and O–H groups in total. The molecule has 0 unspecified atom stereocenters. The second kappa shape index (κ2) is 8.73. The number of carbonyl (C=O) groups excluding carboxylic acids is 4. The van der Waals surface area contributed by atoms with E-state index in [1.165, 1.54) is 0 Å². The Morgan fingerprint density at radius 2 is 1.75 bits per heavy atom. The normalized spacial score (nSPS) is 18.7. The van der Waals surface area contributed by atoms with E-state index in [9.17, 15) is 19.2 Å². The minimum atomic E-state index is -0.976. The van der Waals surface area contributed by atoms with Crippen LogP contribution in [0.1, 0.15) is 33.3 Å². The molecule has 0 bridgehead atoms. The summed E-state index contributed by atoms with van der Waals surface area (Å²) >= 11 is 0. The van der Waals surface area contributed by atoms with E-state index in [0.29, 0.717) is 0 Å². The summed E-state index contributed by atoms with van der Waals surface area (Å²) < 4.78 is 14.9. The zero-order valence-corrected chi connectivity index (χ0v) is 16.3. The van der Waals surface area contributed by atoms with Gasteiger partial charge in [-0.3, -0.25) is 4.79 Å². The lowest BCUT2D eigenvalue weighted by atomic mass is 9.98. The van der Waals surface area contributed by atoms with Crippen LogP contribution in [0.3, 0.4) is 0 Å². The zero-order chi connectivity index (χ0) is 20.9. The molecule has 0 radical (unpaired) electrons. The Hall–Kier alpha value is -3.10. The number of nitrogens with one attached hydrogen (secondary N) is 1. The SMILES string of the molecule is C[C@H]1[C@H](NC(=O)OC(C)(C)C)C(=O)N1C(=O)OCC(=O)OCc1ccccc1. The van der Waals surface area contributed by atoms with Gasteiger partial charge in [-0.2, -0.15) is 0 Å². The molecule has 9 nitrogen and oxygen atoms in total. The standard InChI is InChI=1S/C19H24N2O7/c1-12-15(20-17(24)28-19(2,3)4)16(23)21(12)18(25)27-11-14(22)26-10-13-8-6-5-7-9-13/h5-9,12,15H,10-11H2,1-4H3,(H,20,24)/t12-,15-/m0/s1. The number of hydrogen-bond acceptors (Lipinski definition) is 7. The number of nitrogens with zero attached hydrogens (tertiary/aromatic N) is 1. The molecule has 0 spiro atoms. The fourth-order valence-electron chi connectivity index (χ4n) is 2.47. The Morgan fingerprint density at radius 1 is 1.11 bits per heavy atom. The van der Waals surface area contributed by atoms with Gasteiger partial charge < -0.3 is 19.5 Å². The Kier molecular flexibility index (Phi) is 6.61. The lowest BCUT2D eigenvalue weighted by Gasteiger charge is -2.42. The van der Waals surface area contributed by atoms with Crippen molar-refractivity contribution in [1.29, 1.82) is 0 Å². The van der Waals surface area contributed by atoms with Gasteiger partial charge in [0.05, 0.1) is 6.04 Å².